The third kappa shape index (κ3) is 3.44. The smallest absolute Gasteiger partial charge is 0.255 e. The summed E-state index contributed by atoms with van der Waals surface area (Å²) in [7, 11) is 1.93. The maximum absolute atomic E-state index is 12.8. The number of carbonyl (C=O) groups excluding carboxylic acids is 1. The minimum atomic E-state index is 0.0986. The standard InChI is InChI=1S/C20H24N2O/c1-15-18(20(23)22(2)17-11-7-4-8-12-17)13-14-19(21-15)16-9-5-3-6-10-16/h3,5-6,9-10,13-14,17H,4,7-8,11-12H2,1-2H3. The maximum atomic E-state index is 12.8. The predicted molar refractivity (Wildman–Crippen MR) is 93.4 cm³/mol. The molecule has 1 aliphatic carbocycles. The molecular formula is C20H24N2O. The lowest BCUT2D eigenvalue weighted by molar-refractivity contribution is 0.0695. The molecule has 1 fully saturated rings. The number of rotatable bonds is 3. The van der Waals surface area contributed by atoms with Gasteiger partial charge in [-0.15, -0.1) is 0 Å². The summed E-state index contributed by atoms with van der Waals surface area (Å²) in [6, 6.07) is 14.3. The molecule has 1 aromatic carbocycles. The van der Waals surface area contributed by atoms with E-state index in [1.165, 1.54) is 19.3 Å². The summed E-state index contributed by atoms with van der Waals surface area (Å²) in [4.78, 5) is 19.4. The summed E-state index contributed by atoms with van der Waals surface area (Å²) in [6.07, 6.45) is 6.00. The van der Waals surface area contributed by atoms with Gasteiger partial charge in [0.1, 0.15) is 0 Å². The molecule has 3 rings (SSSR count). The molecule has 1 aromatic heterocycles. The van der Waals surface area contributed by atoms with Crippen molar-refractivity contribution in [1.29, 1.82) is 0 Å². The van der Waals surface area contributed by atoms with Gasteiger partial charge in [-0.3, -0.25) is 9.78 Å². The molecule has 3 nitrogen and oxygen atoms in total. The van der Waals surface area contributed by atoms with Crippen molar-refractivity contribution in [3.05, 3.63) is 53.7 Å². The molecule has 0 N–H and O–H groups in total. The van der Waals surface area contributed by atoms with E-state index in [-0.39, 0.29) is 5.91 Å². The average molecular weight is 308 g/mol. The summed E-state index contributed by atoms with van der Waals surface area (Å²) in [5, 5.41) is 0. The zero-order chi connectivity index (χ0) is 16.2. The second-order valence-electron chi connectivity index (χ2n) is 6.40. The van der Waals surface area contributed by atoms with E-state index < -0.39 is 0 Å². The van der Waals surface area contributed by atoms with Crippen LogP contribution in [0, 0.1) is 6.92 Å². The molecule has 120 valence electrons. The Hall–Kier alpha value is -2.16. The van der Waals surface area contributed by atoms with Crippen molar-refractivity contribution in [3.8, 4) is 11.3 Å². The molecule has 23 heavy (non-hydrogen) atoms. The van der Waals surface area contributed by atoms with Crippen LogP contribution in [0.15, 0.2) is 42.5 Å². The molecule has 0 spiro atoms. The minimum Gasteiger partial charge on any atom is -0.339 e. The van der Waals surface area contributed by atoms with Crippen molar-refractivity contribution in [1.82, 2.24) is 9.88 Å². The van der Waals surface area contributed by atoms with Crippen molar-refractivity contribution in [2.45, 2.75) is 45.1 Å². The van der Waals surface area contributed by atoms with E-state index >= 15 is 0 Å². The van der Waals surface area contributed by atoms with Gasteiger partial charge in [0.2, 0.25) is 0 Å². The third-order valence-corrected chi connectivity index (χ3v) is 4.83. The van der Waals surface area contributed by atoms with Crippen LogP contribution in [0.25, 0.3) is 11.3 Å². The highest BCUT2D eigenvalue weighted by Crippen LogP contribution is 2.24. The van der Waals surface area contributed by atoms with Crippen LogP contribution in [0.5, 0.6) is 0 Å². The van der Waals surface area contributed by atoms with Crippen LogP contribution in [0.1, 0.15) is 48.2 Å². The number of hydrogen-bond donors (Lipinski definition) is 0. The highest BCUT2D eigenvalue weighted by Gasteiger charge is 2.24. The van der Waals surface area contributed by atoms with Gasteiger partial charge in [0.15, 0.2) is 0 Å². The van der Waals surface area contributed by atoms with Crippen molar-refractivity contribution in [3.63, 3.8) is 0 Å². The largest absolute Gasteiger partial charge is 0.339 e. The maximum Gasteiger partial charge on any atom is 0.255 e. The van der Waals surface area contributed by atoms with Crippen LogP contribution < -0.4 is 0 Å². The van der Waals surface area contributed by atoms with Gasteiger partial charge in [0, 0.05) is 18.7 Å². The van der Waals surface area contributed by atoms with Crippen molar-refractivity contribution >= 4 is 5.91 Å². The van der Waals surface area contributed by atoms with E-state index in [9.17, 15) is 4.79 Å². The van der Waals surface area contributed by atoms with E-state index in [0.717, 1.165) is 35.4 Å². The lowest BCUT2D eigenvalue weighted by atomic mass is 9.94. The zero-order valence-corrected chi connectivity index (χ0v) is 14.0. The fourth-order valence-electron chi connectivity index (χ4n) is 3.38. The molecule has 3 heteroatoms. The first-order valence-electron chi connectivity index (χ1n) is 8.47. The molecule has 1 heterocycles. The van der Waals surface area contributed by atoms with Crippen molar-refractivity contribution in [2.24, 2.45) is 0 Å². The van der Waals surface area contributed by atoms with Crippen LogP contribution in [0.2, 0.25) is 0 Å². The highest BCUT2D eigenvalue weighted by molar-refractivity contribution is 5.95. The van der Waals surface area contributed by atoms with Crippen molar-refractivity contribution < 1.29 is 4.79 Å². The lowest BCUT2D eigenvalue weighted by Crippen LogP contribution is -2.38. The predicted octanol–water partition coefficient (Wildman–Crippen LogP) is 4.46. The van der Waals surface area contributed by atoms with E-state index in [1.54, 1.807) is 0 Å². The number of carbonyl (C=O) groups is 1. The number of hydrogen-bond acceptors (Lipinski definition) is 2. The molecular weight excluding hydrogens is 284 g/mol. The van der Waals surface area contributed by atoms with E-state index in [4.69, 9.17) is 0 Å². The van der Waals surface area contributed by atoms with Gasteiger partial charge >= 0.3 is 0 Å². The number of benzene rings is 1. The van der Waals surface area contributed by atoms with Gasteiger partial charge in [0.05, 0.1) is 17.0 Å². The van der Waals surface area contributed by atoms with Gasteiger partial charge in [0.25, 0.3) is 5.91 Å². The SMILES string of the molecule is Cc1nc(-c2ccccc2)ccc1C(=O)N(C)C1CCCCC1. The number of aryl methyl sites for hydroxylation is 1. The van der Waals surface area contributed by atoms with E-state index in [1.807, 2.05) is 61.3 Å². The molecule has 0 bridgehead atoms. The Morgan fingerprint density at radius 3 is 2.39 bits per heavy atom. The third-order valence-electron chi connectivity index (χ3n) is 4.83. The lowest BCUT2D eigenvalue weighted by Gasteiger charge is -2.31. The Kier molecular flexibility index (Phi) is 4.75. The molecule has 0 atom stereocenters. The molecule has 0 radical (unpaired) electrons. The summed E-state index contributed by atoms with van der Waals surface area (Å²) in [5.41, 5.74) is 3.52. The molecule has 2 aromatic rings. The highest BCUT2D eigenvalue weighted by atomic mass is 16.2. The Morgan fingerprint density at radius 1 is 1.04 bits per heavy atom. The Labute approximate surface area is 138 Å². The molecule has 0 saturated heterocycles. The number of aromatic nitrogens is 1. The van der Waals surface area contributed by atoms with Crippen molar-refractivity contribution in [2.75, 3.05) is 7.05 Å². The fraction of sp³-hybridized carbons (Fsp3) is 0.400. The zero-order valence-electron chi connectivity index (χ0n) is 14.0. The molecule has 0 aliphatic heterocycles. The first-order chi connectivity index (χ1) is 11.2. The van der Waals surface area contributed by atoms with Gasteiger partial charge in [-0.1, -0.05) is 49.6 Å². The molecule has 0 unspecified atom stereocenters. The molecule has 1 saturated carbocycles. The summed E-state index contributed by atoms with van der Waals surface area (Å²) in [5.74, 6) is 0.0986. The monoisotopic (exact) mass is 308 g/mol. The first kappa shape index (κ1) is 15.7. The summed E-state index contributed by atoms with van der Waals surface area (Å²) < 4.78 is 0. The van der Waals surface area contributed by atoms with Gasteiger partial charge < -0.3 is 4.90 Å². The van der Waals surface area contributed by atoms with Crippen LogP contribution >= 0.6 is 0 Å². The van der Waals surface area contributed by atoms with Crippen LogP contribution in [-0.4, -0.2) is 28.9 Å². The fourth-order valence-corrected chi connectivity index (χ4v) is 3.38. The quantitative estimate of drug-likeness (QED) is 0.838. The topological polar surface area (TPSA) is 33.2 Å². The van der Waals surface area contributed by atoms with E-state index in [0.29, 0.717) is 6.04 Å². The second kappa shape index (κ2) is 6.95. The van der Waals surface area contributed by atoms with Gasteiger partial charge in [-0.2, -0.15) is 0 Å². The van der Waals surface area contributed by atoms with E-state index in [2.05, 4.69) is 4.98 Å². The number of nitrogens with zero attached hydrogens (tertiary/aromatic N) is 2. The number of pyridine rings is 1. The van der Waals surface area contributed by atoms with Crippen LogP contribution in [0.4, 0.5) is 0 Å². The molecule has 1 aliphatic rings. The summed E-state index contributed by atoms with van der Waals surface area (Å²) >= 11 is 0. The normalized spacial score (nSPS) is 15.4. The number of amides is 1. The van der Waals surface area contributed by atoms with Crippen LogP contribution in [0.3, 0.4) is 0 Å². The average Bonchev–Trinajstić information content (AvgIpc) is 2.62. The first-order valence-corrected chi connectivity index (χ1v) is 8.47. The second-order valence-corrected chi connectivity index (χ2v) is 6.40. The minimum absolute atomic E-state index is 0.0986. The Morgan fingerprint density at radius 2 is 1.74 bits per heavy atom. The summed E-state index contributed by atoms with van der Waals surface area (Å²) in [6.45, 7) is 1.92. The Bertz CT molecular complexity index is 675. The van der Waals surface area contributed by atoms with Crippen LogP contribution in [-0.2, 0) is 0 Å². The van der Waals surface area contributed by atoms with Gasteiger partial charge in [-0.25, -0.2) is 0 Å². The molecule has 1 amide bonds. The van der Waals surface area contributed by atoms with Gasteiger partial charge in [-0.05, 0) is 31.9 Å². The Balaban J connectivity index is 1.81.